The number of benzene rings is 1. The van der Waals surface area contributed by atoms with Crippen molar-refractivity contribution in [1.82, 2.24) is 20.1 Å². The van der Waals surface area contributed by atoms with Gasteiger partial charge in [0.15, 0.2) is 5.82 Å². The standard InChI is InChI=1S/C17H20ClFN4O3/c1-26-5-4-23-15(9-24)21-22-16(23)10-6-12(7-10)20-17(25)13-8-11(19)2-3-14(13)18/h2-3,8,10,12,24H,4-7,9H2,1H3,(H,20,25). The molecular weight excluding hydrogens is 363 g/mol. The van der Waals surface area contributed by atoms with Crippen molar-refractivity contribution in [3.8, 4) is 0 Å². The number of methoxy groups -OCH3 is 1. The maximum Gasteiger partial charge on any atom is 0.253 e. The molecule has 0 saturated heterocycles. The monoisotopic (exact) mass is 382 g/mol. The van der Waals surface area contributed by atoms with Crippen LogP contribution in [0.3, 0.4) is 0 Å². The Hall–Kier alpha value is -2.03. The Balaban J connectivity index is 1.61. The molecule has 140 valence electrons. The van der Waals surface area contributed by atoms with Crippen molar-refractivity contribution >= 4 is 17.5 Å². The van der Waals surface area contributed by atoms with Crippen LogP contribution in [0.5, 0.6) is 0 Å². The number of nitrogens with one attached hydrogen (secondary N) is 1. The van der Waals surface area contributed by atoms with Crippen molar-refractivity contribution in [3.63, 3.8) is 0 Å². The molecule has 0 bridgehead atoms. The first-order chi connectivity index (χ1) is 12.5. The second-order valence-electron chi connectivity index (χ2n) is 6.24. The highest BCUT2D eigenvalue weighted by Gasteiger charge is 2.35. The number of aliphatic hydroxyl groups excluding tert-OH is 1. The van der Waals surface area contributed by atoms with Crippen molar-refractivity contribution < 1.29 is 19.0 Å². The minimum atomic E-state index is -0.506. The zero-order valence-electron chi connectivity index (χ0n) is 14.3. The molecule has 0 spiro atoms. The minimum Gasteiger partial charge on any atom is -0.388 e. The molecule has 7 nitrogen and oxygen atoms in total. The normalized spacial score (nSPS) is 19.2. The molecule has 0 radical (unpaired) electrons. The fourth-order valence-corrected chi connectivity index (χ4v) is 3.28. The predicted octanol–water partition coefficient (Wildman–Crippen LogP) is 1.89. The number of hydrogen-bond donors (Lipinski definition) is 2. The summed E-state index contributed by atoms with van der Waals surface area (Å²) < 4.78 is 20.3. The Kier molecular flexibility index (Phi) is 5.85. The molecule has 1 amide bonds. The molecule has 3 rings (SSSR count). The first-order valence-corrected chi connectivity index (χ1v) is 8.69. The van der Waals surface area contributed by atoms with Crippen molar-refractivity contribution in [2.75, 3.05) is 13.7 Å². The molecule has 1 aliphatic carbocycles. The number of ether oxygens (including phenoxy) is 1. The van der Waals surface area contributed by atoms with E-state index in [2.05, 4.69) is 15.5 Å². The van der Waals surface area contributed by atoms with E-state index in [1.165, 1.54) is 12.1 Å². The lowest BCUT2D eigenvalue weighted by atomic mass is 9.79. The van der Waals surface area contributed by atoms with Gasteiger partial charge in [0.2, 0.25) is 0 Å². The Labute approximate surface area is 155 Å². The van der Waals surface area contributed by atoms with Crippen LogP contribution in [-0.2, 0) is 17.9 Å². The molecule has 9 heteroatoms. The summed E-state index contributed by atoms with van der Waals surface area (Å²) >= 11 is 5.96. The summed E-state index contributed by atoms with van der Waals surface area (Å²) in [6.45, 7) is 0.853. The maximum absolute atomic E-state index is 13.3. The summed E-state index contributed by atoms with van der Waals surface area (Å²) in [6, 6.07) is 3.66. The highest BCUT2D eigenvalue weighted by Crippen LogP contribution is 2.36. The number of nitrogens with zero attached hydrogens (tertiary/aromatic N) is 3. The number of amides is 1. The van der Waals surface area contributed by atoms with Gasteiger partial charge < -0.3 is 19.7 Å². The Morgan fingerprint density at radius 2 is 2.23 bits per heavy atom. The summed E-state index contributed by atoms with van der Waals surface area (Å²) in [5, 5.41) is 20.6. The molecule has 1 fully saturated rings. The van der Waals surface area contributed by atoms with Crippen molar-refractivity contribution in [1.29, 1.82) is 0 Å². The van der Waals surface area contributed by atoms with E-state index in [1.54, 1.807) is 7.11 Å². The van der Waals surface area contributed by atoms with Crippen LogP contribution >= 0.6 is 11.6 Å². The van der Waals surface area contributed by atoms with Gasteiger partial charge in [-0.1, -0.05) is 11.6 Å². The van der Waals surface area contributed by atoms with Crippen LogP contribution in [0.2, 0.25) is 5.02 Å². The van der Waals surface area contributed by atoms with E-state index in [-0.39, 0.29) is 29.2 Å². The number of halogens is 2. The number of aliphatic hydroxyl groups is 1. The third-order valence-electron chi connectivity index (χ3n) is 4.53. The first-order valence-electron chi connectivity index (χ1n) is 8.31. The molecule has 1 saturated carbocycles. The van der Waals surface area contributed by atoms with Crippen LogP contribution < -0.4 is 5.32 Å². The van der Waals surface area contributed by atoms with Gasteiger partial charge in [-0.3, -0.25) is 4.79 Å². The van der Waals surface area contributed by atoms with Gasteiger partial charge in [-0.05, 0) is 31.0 Å². The van der Waals surface area contributed by atoms with Crippen molar-refractivity contribution in [3.05, 3.63) is 46.3 Å². The van der Waals surface area contributed by atoms with E-state index in [4.69, 9.17) is 16.3 Å². The Morgan fingerprint density at radius 1 is 1.46 bits per heavy atom. The van der Waals surface area contributed by atoms with Crippen LogP contribution in [0.15, 0.2) is 18.2 Å². The van der Waals surface area contributed by atoms with Gasteiger partial charge >= 0.3 is 0 Å². The van der Waals surface area contributed by atoms with E-state index < -0.39 is 11.7 Å². The summed E-state index contributed by atoms with van der Waals surface area (Å²) in [6.07, 6.45) is 1.38. The lowest BCUT2D eigenvalue weighted by Gasteiger charge is -2.35. The summed E-state index contributed by atoms with van der Waals surface area (Å²) in [5.74, 6) is 0.507. The van der Waals surface area contributed by atoms with Gasteiger partial charge in [-0.25, -0.2) is 4.39 Å². The number of rotatable bonds is 7. The number of carbonyl (C=O) groups excluding carboxylic acids is 1. The van der Waals surface area contributed by atoms with Crippen molar-refractivity contribution in [2.45, 2.75) is 38.0 Å². The third kappa shape index (κ3) is 3.87. The zero-order chi connectivity index (χ0) is 18.7. The molecule has 1 aliphatic rings. The third-order valence-corrected chi connectivity index (χ3v) is 4.86. The number of aromatic nitrogens is 3. The SMILES string of the molecule is COCCn1c(CO)nnc1C1CC(NC(=O)c2cc(F)ccc2Cl)C1. The fourth-order valence-electron chi connectivity index (χ4n) is 3.08. The maximum atomic E-state index is 13.3. The first kappa shape index (κ1) is 18.8. The average Bonchev–Trinajstić information content (AvgIpc) is 3.00. The second-order valence-corrected chi connectivity index (χ2v) is 6.65. The number of carbonyl (C=O) groups is 1. The largest absolute Gasteiger partial charge is 0.388 e. The van der Waals surface area contributed by atoms with Crippen molar-refractivity contribution in [2.24, 2.45) is 0 Å². The van der Waals surface area contributed by atoms with Gasteiger partial charge in [-0.15, -0.1) is 10.2 Å². The summed E-state index contributed by atoms with van der Waals surface area (Å²) in [4.78, 5) is 12.3. The molecule has 1 aromatic carbocycles. The predicted molar refractivity (Wildman–Crippen MR) is 92.5 cm³/mol. The topological polar surface area (TPSA) is 89.3 Å². The summed E-state index contributed by atoms with van der Waals surface area (Å²) in [5.41, 5.74) is 0.126. The fraction of sp³-hybridized carbons (Fsp3) is 0.471. The number of hydrogen-bond acceptors (Lipinski definition) is 5. The molecule has 1 aromatic heterocycles. The van der Waals surface area contributed by atoms with Gasteiger partial charge in [0.05, 0.1) is 17.2 Å². The quantitative estimate of drug-likeness (QED) is 0.763. The van der Waals surface area contributed by atoms with Gasteiger partial charge in [-0.2, -0.15) is 0 Å². The average molecular weight is 383 g/mol. The molecular formula is C17H20ClFN4O3. The van der Waals surface area contributed by atoms with E-state index in [1.807, 2.05) is 4.57 Å². The molecule has 26 heavy (non-hydrogen) atoms. The molecule has 0 atom stereocenters. The highest BCUT2D eigenvalue weighted by molar-refractivity contribution is 6.33. The second kappa shape index (κ2) is 8.11. The summed E-state index contributed by atoms with van der Waals surface area (Å²) in [7, 11) is 1.61. The lowest BCUT2D eigenvalue weighted by Crippen LogP contribution is -2.44. The van der Waals surface area contributed by atoms with Crippen LogP contribution in [-0.4, -0.2) is 45.5 Å². The van der Waals surface area contributed by atoms with E-state index in [9.17, 15) is 14.3 Å². The van der Waals surface area contributed by atoms with Crippen LogP contribution in [0.25, 0.3) is 0 Å². The van der Waals surface area contributed by atoms with Crippen LogP contribution in [0, 0.1) is 5.82 Å². The minimum absolute atomic E-state index is 0.0445. The van der Waals surface area contributed by atoms with E-state index >= 15 is 0 Å². The van der Waals surface area contributed by atoms with Crippen LogP contribution in [0.1, 0.15) is 40.8 Å². The molecule has 2 N–H and O–H groups in total. The Bertz CT molecular complexity index is 792. The zero-order valence-corrected chi connectivity index (χ0v) is 15.0. The highest BCUT2D eigenvalue weighted by atomic mass is 35.5. The van der Waals surface area contributed by atoms with E-state index in [0.717, 1.165) is 11.9 Å². The van der Waals surface area contributed by atoms with Gasteiger partial charge in [0.1, 0.15) is 18.2 Å². The lowest BCUT2D eigenvalue weighted by molar-refractivity contribution is 0.0906. The van der Waals surface area contributed by atoms with Crippen LogP contribution in [0.4, 0.5) is 4.39 Å². The van der Waals surface area contributed by atoms with Gasteiger partial charge in [0.25, 0.3) is 5.91 Å². The van der Waals surface area contributed by atoms with E-state index in [0.29, 0.717) is 31.8 Å². The molecule has 1 heterocycles. The van der Waals surface area contributed by atoms with Gasteiger partial charge in [0, 0.05) is 25.6 Å². The smallest absolute Gasteiger partial charge is 0.253 e. The molecule has 2 aromatic rings. The molecule has 0 aliphatic heterocycles. The molecule has 0 unspecified atom stereocenters. The Morgan fingerprint density at radius 3 is 2.92 bits per heavy atom.